The number of hydrogen-bond donors (Lipinski definition) is 1. The summed E-state index contributed by atoms with van der Waals surface area (Å²) in [6.45, 7) is 8.51. The fourth-order valence-corrected chi connectivity index (χ4v) is 4.24. The topological polar surface area (TPSA) is 46.1 Å². The first-order valence-corrected chi connectivity index (χ1v) is 10.1. The maximum atomic E-state index is 6.00. The van der Waals surface area contributed by atoms with Gasteiger partial charge in [-0.05, 0) is 44.2 Å². The normalized spacial score (nSPS) is 31.9. The van der Waals surface area contributed by atoms with Gasteiger partial charge in [-0.3, -0.25) is 4.99 Å². The van der Waals surface area contributed by atoms with Crippen LogP contribution in [0.15, 0.2) is 29.3 Å². The molecular weight excluding hydrogens is 326 g/mol. The van der Waals surface area contributed by atoms with Gasteiger partial charge in [-0.1, -0.05) is 24.3 Å². The van der Waals surface area contributed by atoms with Crippen LogP contribution < -0.4 is 5.32 Å². The molecule has 1 N–H and O–H groups in total. The largest absolute Gasteiger partial charge is 0.375 e. The molecule has 0 aromatic heterocycles. The summed E-state index contributed by atoms with van der Waals surface area (Å²) in [6, 6.07) is 9.23. The number of guanidine groups is 1. The number of nitrogens with one attached hydrogen (secondary N) is 1. The lowest BCUT2D eigenvalue weighted by Gasteiger charge is -2.37. The van der Waals surface area contributed by atoms with Gasteiger partial charge in [0.1, 0.15) is 6.10 Å². The van der Waals surface area contributed by atoms with Gasteiger partial charge < -0.3 is 19.7 Å². The first-order chi connectivity index (χ1) is 12.8. The highest BCUT2D eigenvalue weighted by atomic mass is 16.5. The number of ether oxygens (including phenoxy) is 2. The summed E-state index contributed by atoms with van der Waals surface area (Å²) < 4.78 is 11.8. The standard InChI is InChI=1S/C21H31N3O2/c1-3-22-21(23-18-13-17(18)16-8-5-4-7-15(16)2)24-10-12-26-20(14-24)19-9-6-11-25-19/h4-5,7-8,17-20H,3,6,9-14H2,1-2H3,(H,22,23). The van der Waals surface area contributed by atoms with Gasteiger partial charge in [0.05, 0.1) is 12.7 Å². The first kappa shape index (κ1) is 17.8. The van der Waals surface area contributed by atoms with Gasteiger partial charge in [0.15, 0.2) is 5.96 Å². The van der Waals surface area contributed by atoms with Crippen LogP contribution in [0.3, 0.4) is 0 Å². The van der Waals surface area contributed by atoms with Gasteiger partial charge in [-0.25, -0.2) is 0 Å². The molecule has 1 aromatic carbocycles. The molecule has 4 rings (SSSR count). The van der Waals surface area contributed by atoms with E-state index in [1.165, 1.54) is 17.5 Å². The van der Waals surface area contributed by atoms with E-state index in [1.54, 1.807) is 0 Å². The Hall–Kier alpha value is -1.59. The Morgan fingerprint density at radius 2 is 2.08 bits per heavy atom. The minimum atomic E-state index is 0.168. The second-order valence-electron chi connectivity index (χ2n) is 7.65. The van der Waals surface area contributed by atoms with E-state index in [9.17, 15) is 0 Å². The molecule has 1 aliphatic carbocycles. The van der Waals surface area contributed by atoms with Crippen LogP contribution in [0.25, 0.3) is 0 Å². The monoisotopic (exact) mass is 357 g/mol. The zero-order chi connectivity index (χ0) is 17.9. The van der Waals surface area contributed by atoms with E-state index in [0.717, 1.165) is 51.6 Å². The summed E-state index contributed by atoms with van der Waals surface area (Å²) in [6.07, 6.45) is 3.87. The maximum absolute atomic E-state index is 6.00. The molecule has 5 heteroatoms. The van der Waals surface area contributed by atoms with E-state index in [0.29, 0.717) is 12.0 Å². The molecule has 3 aliphatic rings. The maximum Gasteiger partial charge on any atom is 0.194 e. The van der Waals surface area contributed by atoms with Gasteiger partial charge in [-0.2, -0.15) is 0 Å². The van der Waals surface area contributed by atoms with Crippen LogP contribution in [0, 0.1) is 6.92 Å². The molecule has 4 atom stereocenters. The molecule has 1 aromatic rings. The Kier molecular flexibility index (Phi) is 5.46. The van der Waals surface area contributed by atoms with Crippen molar-refractivity contribution in [2.75, 3.05) is 32.8 Å². The van der Waals surface area contributed by atoms with Crippen molar-refractivity contribution in [1.29, 1.82) is 0 Å². The Labute approximate surface area is 156 Å². The highest BCUT2D eigenvalue weighted by Crippen LogP contribution is 2.42. The van der Waals surface area contributed by atoms with Crippen molar-refractivity contribution in [2.24, 2.45) is 4.99 Å². The SMILES string of the molecule is CCN=C(NC1CC1c1ccccc1C)N1CCOC(C2CCCO2)C1. The van der Waals surface area contributed by atoms with Crippen LogP contribution >= 0.6 is 0 Å². The van der Waals surface area contributed by atoms with Crippen LogP contribution in [-0.4, -0.2) is 62.0 Å². The Balaban J connectivity index is 1.39. The molecule has 26 heavy (non-hydrogen) atoms. The lowest BCUT2D eigenvalue weighted by molar-refractivity contribution is -0.0817. The van der Waals surface area contributed by atoms with Crippen molar-refractivity contribution in [2.45, 2.75) is 57.3 Å². The van der Waals surface area contributed by atoms with Crippen LogP contribution in [0.5, 0.6) is 0 Å². The van der Waals surface area contributed by atoms with Crippen LogP contribution in [-0.2, 0) is 9.47 Å². The lowest BCUT2D eigenvalue weighted by Crippen LogP contribution is -2.53. The van der Waals surface area contributed by atoms with Gasteiger partial charge >= 0.3 is 0 Å². The highest BCUT2D eigenvalue weighted by Gasteiger charge is 2.41. The van der Waals surface area contributed by atoms with Crippen molar-refractivity contribution in [3.8, 4) is 0 Å². The predicted octanol–water partition coefficient (Wildman–Crippen LogP) is 2.70. The minimum absolute atomic E-state index is 0.168. The summed E-state index contributed by atoms with van der Waals surface area (Å²) in [5.74, 6) is 1.65. The molecule has 142 valence electrons. The van der Waals surface area contributed by atoms with Gasteiger partial charge in [-0.15, -0.1) is 0 Å². The van der Waals surface area contributed by atoms with Crippen molar-refractivity contribution < 1.29 is 9.47 Å². The van der Waals surface area contributed by atoms with E-state index in [-0.39, 0.29) is 12.2 Å². The van der Waals surface area contributed by atoms with E-state index < -0.39 is 0 Å². The Bertz CT molecular complexity index is 642. The molecule has 4 unspecified atom stereocenters. The molecular formula is C21H31N3O2. The van der Waals surface area contributed by atoms with Gasteiger partial charge in [0.25, 0.3) is 0 Å². The van der Waals surface area contributed by atoms with E-state index in [1.807, 2.05) is 0 Å². The molecule has 0 bridgehead atoms. The predicted molar refractivity (Wildman–Crippen MR) is 104 cm³/mol. The summed E-state index contributed by atoms with van der Waals surface area (Å²) in [7, 11) is 0. The summed E-state index contributed by atoms with van der Waals surface area (Å²) in [5.41, 5.74) is 2.86. The first-order valence-electron chi connectivity index (χ1n) is 10.1. The fraction of sp³-hybridized carbons (Fsp3) is 0.667. The van der Waals surface area contributed by atoms with E-state index >= 15 is 0 Å². The van der Waals surface area contributed by atoms with Crippen LogP contribution in [0.1, 0.15) is 43.2 Å². The highest BCUT2D eigenvalue weighted by molar-refractivity contribution is 5.81. The second kappa shape index (κ2) is 7.97. The van der Waals surface area contributed by atoms with Gasteiger partial charge in [0, 0.05) is 38.2 Å². The third-order valence-corrected chi connectivity index (χ3v) is 5.77. The fourth-order valence-electron chi connectivity index (χ4n) is 4.24. The van der Waals surface area contributed by atoms with E-state index in [4.69, 9.17) is 14.5 Å². The Morgan fingerprint density at radius 1 is 1.23 bits per heavy atom. The second-order valence-corrected chi connectivity index (χ2v) is 7.65. The molecule has 2 heterocycles. The Morgan fingerprint density at radius 3 is 2.85 bits per heavy atom. The number of rotatable bonds is 4. The summed E-state index contributed by atoms with van der Waals surface area (Å²) in [4.78, 5) is 7.14. The molecule has 0 amide bonds. The average molecular weight is 357 g/mol. The molecule has 2 saturated heterocycles. The number of benzene rings is 1. The molecule has 0 spiro atoms. The summed E-state index contributed by atoms with van der Waals surface area (Å²) in [5, 5.41) is 3.73. The molecule has 0 radical (unpaired) electrons. The third-order valence-electron chi connectivity index (χ3n) is 5.77. The quantitative estimate of drug-likeness (QED) is 0.665. The number of morpholine rings is 1. The van der Waals surface area contributed by atoms with Crippen molar-refractivity contribution in [3.05, 3.63) is 35.4 Å². The zero-order valence-corrected chi connectivity index (χ0v) is 16.0. The molecule has 5 nitrogen and oxygen atoms in total. The van der Waals surface area contributed by atoms with Gasteiger partial charge in [0.2, 0.25) is 0 Å². The number of aliphatic imine (C=N–C) groups is 1. The number of hydrogen-bond acceptors (Lipinski definition) is 3. The van der Waals surface area contributed by atoms with Crippen molar-refractivity contribution >= 4 is 5.96 Å². The average Bonchev–Trinajstić information content (AvgIpc) is 3.19. The van der Waals surface area contributed by atoms with Crippen molar-refractivity contribution in [3.63, 3.8) is 0 Å². The molecule has 3 fully saturated rings. The molecule has 1 saturated carbocycles. The number of nitrogens with zero attached hydrogens (tertiary/aromatic N) is 2. The smallest absolute Gasteiger partial charge is 0.194 e. The zero-order valence-electron chi connectivity index (χ0n) is 16.0. The van der Waals surface area contributed by atoms with Crippen LogP contribution in [0.2, 0.25) is 0 Å². The summed E-state index contributed by atoms with van der Waals surface area (Å²) >= 11 is 0. The number of aryl methyl sites for hydroxylation is 1. The molecule has 2 aliphatic heterocycles. The van der Waals surface area contributed by atoms with Crippen LogP contribution in [0.4, 0.5) is 0 Å². The van der Waals surface area contributed by atoms with E-state index in [2.05, 4.69) is 48.3 Å². The minimum Gasteiger partial charge on any atom is -0.375 e. The third kappa shape index (κ3) is 3.89. The lowest BCUT2D eigenvalue weighted by atomic mass is 10.0. The van der Waals surface area contributed by atoms with Crippen molar-refractivity contribution in [1.82, 2.24) is 10.2 Å².